The van der Waals surface area contributed by atoms with Gasteiger partial charge in [-0.2, -0.15) is 4.91 Å². The third-order valence-corrected chi connectivity index (χ3v) is 7.03. The van der Waals surface area contributed by atoms with E-state index in [9.17, 15) is 14.8 Å². The summed E-state index contributed by atoms with van der Waals surface area (Å²) in [5.41, 5.74) is 6.03. The highest BCUT2D eigenvalue weighted by atomic mass is 16.4. The number of carboxylic acid groups (broad SMARTS) is 1. The van der Waals surface area contributed by atoms with Gasteiger partial charge in [-0.05, 0) is 74.1 Å². The summed E-state index contributed by atoms with van der Waals surface area (Å²) in [7, 11) is 2.09. The molecule has 0 radical (unpaired) electrons. The first-order valence-electron chi connectivity index (χ1n) is 11.8. The summed E-state index contributed by atoms with van der Waals surface area (Å²) in [6, 6.07) is 15.7. The quantitative estimate of drug-likeness (QED) is 0.299. The average molecular weight is 433 g/mol. The van der Waals surface area contributed by atoms with E-state index in [0.29, 0.717) is 6.42 Å². The van der Waals surface area contributed by atoms with Crippen LogP contribution in [0.2, 0.25) is 0 Å². The van der Waals surface area contributed by atoms with E-state index in [1.165, 1.54) is 35.0 Å². The number of benzene rings is 2. The fourth-order valence-corrected chi connectivity index (χ4v) is 5.20. The lowest BCUT2D eigenvalue weighted by Gasteiger charge is -2.16. The SMILES string of the molecule is Cn1c2c(c3ccc(C(CC(CCCCc4ccccc4)C(=O)O)N=O)cc31)CCCC2. The van der Waals surface area contributed by atoms with E-state index in [0.717, 1.165) is 43.2 Å². The minimum absolute atomic E-state index is 0.250. The number of aryl methyl sites for hydroxylation is 3. The van der Waals surface area contributed by atoms with Gasteiger partial charge in [0.25, 0.3) is 0 Å². The van der Waals surface area contributed by atoms with Gasteiger partial charge in [0.05, 0.1) is 5.92 Å². The second kappa shape index (κ2) is 10.1. The number of hydrogen-bond donors (Lipinski definition) is 1. The third-order valence-electron chi connectivity index (χ3n) is 7.03. The van der Waals surface area contributed by atoms with Crippen molar-refractivity contribution in [1.29, 1.82) is 0 Å². The number of aliphatic carboxylic acids is 1. The van der Waals surface area contributed by atoms with Gasteiger partial charge in [-0.3, -0.25) is 4.79 Å². The molecule has 0 bridgehead atoms. The van der Waals surface area contributed by atoms with Gasteiger partial charge in [-0.15, -0.1) is 0 Å². The maximum Gasteiger partial charge on any atom is 0.306 e. The summed E-state index contributed by atoms with van der Waals surface area (Å²) in [5.74, 6) is -1.40. The number of rotatable bonds is 10. The van der Waals surface area contributed by atoms with Crippen LogP contribution in [0.25, 0.3) is 10.9 Å². The van der Waals surface area contributed by atoms with Crippen molar-refractivity contribution in [3.63, 3.8) is 0 Å². The molecular weight excluding hydrogens is 400 g/mol. The first-order valence-corrected chi connectivity index (χ1v) is 11.8. The fraction of sp³-hybridized carbons (Fsp3) is 0.444. The van der Waals surface area contributed by atoms with Crippen molar-refractivity contribution in [2.45, 2.75) is 63.8 Å². The average Bonchev–Trinajstić information content (AvgIpc) is 3.11. The molecule has 2 atom stereocenters. The summed E-state index contributed by atoms with van der Waals surface area (Å²) in [4.78, 5) is 23.6. The standard InChI is InChI=1S/C27H32N2O3/c1-29-25-14-8-7-13-22(25)23-16-15-20(18-26(23)29)24(28-32)17-21(27(30)31)12-6-5-11-19-9-3-2-4-10-19/h2-4,9-10,15-16,18,21,24H,5-8,11-14,17H2,1H3,(H,30,31). The summed E-state index contributed by atoms with van der Waals surface area (Å²) in [6.45, 7) is 0. The number of unbranched alkanes of at least 4 members (excludes halogenated alkanes) is 1. The van der Waals surface area contributed by atoms with Gasteiger partial charge in [-0.1, -0.05) is 54.1 Å². The van der Waals surface area contributed by atoms with Crippen molar-refractivity contribution in [2.75, 3.05) is 0 Å². The largest absolute Gasteiger partial charge is 0.481 e. The lowest BCUT2D eigenvalue weighted by atomic mass is 9.90. The molecule has 1 aromatic heterocycles. The smallest absolute Gasteiger partial charge is 0.306 e. The van der Waals surface area contributed by atoms with Crippen LogP contribution in [0.3, 0.4) is 0 Å². The molecule has 0 saturated carbocycles. The molecule has 4 rings (SSSR count). The molecule has 5 heteroatoms. The van der Waals surface area contributed by atoms with Crippen molar-refractivity contribution in [2.24, 2.45) is 18.1 Å². The van der Waals surface area contributed by atoms with Crippen LogP contribution in [0.4, 0.5) is 0 Å². The number of fused-ring (bicyclic) bond motifs is 3. The van der Waals surface area contributed by atoms with E-state index in [4.69, 9.17) is 0 Å². The minimum Gasteiger partial charge on any atom is -0.481 e. The van der Waals surface area contributed by atoms with Crippen LogP contribution >= 0.6 is 0 Å². The molecular formula is C27H32N2O3. The maximum absolute atomic E-state index is 11.9. The molecule has 0 aliphatic heterocycles. The van der Waals surface area contributed by atoms with Crippen LogP contribution < -0.4 is 0 Å². The Morgan fingerprint density at radius 2 is 1.88 bits per heavy atom. The van der Waals surface area contributed by atoms with Gasteiger partial charge in [0.15, 0.2) is 0 Å². The van der Waals surface area contributed by atoms with Crippen molar-refractivity contribution < 1.29 is 9.90 Å². The Morgan fingerprint density at radius 1 is 1.09 bits per heavy atom. The van der Waals surface area contributed by atoms with E-state index in [1.807, 2.05) is 30.3 Å². The van der Waals surface area contributed by atoms with Gasteiger partial charge < -0.3 is 9.67 Å². The number of aromatic nitrogens is 1. The van der Waals surface area contributed by atoms with E-state index >= 15 is 0 Å². The Bertz CT molecular complexity index is 1090. The molecule has 3 aromatic rings. The Hall–Kier alpha value is -2.95. The highest BCUT2D eigenvalue weighted by Crippen LogP contribution is 2.35. The van der Waals surface area contributed by atoms with Crippen LogP contribution in [0.5, 0.6) is 0 Å². The predicted molar refractivity (Wildman–Crippen MR) is 128 cm³/mol. The zero-order valence-electron chi connectivity index (χ0n) is 18.8. The van der Waals surface area contributed by atoms with Crippen LogP contribution in [0, 0.1) is 10.8 Å². The number of nitroso groups, excluding NO2 is 1. The maximum atomic E-state index is 11.9. The van der Waals surface area contributed by atoms with E-state index < -0.39 is 17.9 Å². The van der Waals surface area contributed by atoms with Crippen LogP contribution in [0.1, 0.15) is 67.0 Å². The van der Waals surface area contributed by atoms with E-state index in [-0.39, 0.29) is 6.42 Å². The summed E-state index contributed by atoms with van der Waals surface area (Å²) in [6.07, 6.45) is 8.14. The number of nitrogens with zero attached hydrogens (tertiary/aromatic N) is 2. The van der Waals surface area contributed by atoms with Crippen LogP contribution in [-0.2, 0) is 31.1 Å². The zero-order valence-corrected chi connectivity index (χ0v) is 18.8. The molecule has 1 heterocycles. The van der Waals surface area contributed by atoms with Gasteiger partial charge in [0.2, 0.25) is 0 Å². The monoisotopic (exact) mass is 432 g/mol. The Labute approximate surface area is 189 Å². The summed E-state index contributed by atoms with van der Waals surface area (Å²) in [5, 5.41) is 14.4. The molecule has 5 nitrogen and oxygen atoms in total. The number of hydrogen-bond acceptors (Lipinski definition) is 3. The van der Waals surface area contributed by atoms with Crippen molar-refractivity contribution in [3.05, 3.63) is 75.8 Å². The highest BCUT2D eigenvalue weighted by molar-refractivity contribution is 5.86. The van der Waals surface area contributed by atoms with Crippen molar-refractivity contribution >= 4 is 16.9 Å². The van der Waals surface area contributed by atoms with E-state index in [1.54, 1.807) is 0 Å². The lowest BCUT2D eigenvalue weighted by molar-refractivity contribution is -0.142. The lowest BCUT2D eigenvalue weighted by Crippen LogP contribution is -2.17. The Kier molecular flexibility index (Phi) is 7.03. The van der Waals surface area contributed by atoms with Gasteiger partial charge >= 0.3 is 5.97 Å². The molecule has 1 aliphatic carbocycles. The number of carboxylic acids is 1. The highest BCUT2D eigenvalue weighted by Gasteiger charge is 2.25. The van der Waals surface area contributed by atoms with Gasteiger partial charge in [0, 0.05) is 23.6 Å². The predicted octanol–water partition coefficient (Wildman–Crippen LogP) is 6.37. The molecule has 0 saturated heterocycles. The minimum atomic E-state index is -0.839. The van der Waals surface area contributed by atoms with Crippen molar-refractivity contribution in [3.8, 4) is 0 Å². The molecule has 1 N–H and O–H groups in total. The van der Waals surface area contributed by atoms with Crippen LogP contribution in [-0.4, -0.2) is 15.6 Å². The molecule has 0 fully saturated rings. The normalized spacial score (nSPS) is 15.3. The molecule has 0 spiro atoms. The molecule has 2 aromatic carbocycles. The third kappa shape index (κ3) is 4.77. The fourth-order valence-electron chi connectivity index (χ4n) is 5.20. The van der Waals surface area contributed by atoms with Gasteiger partial charge in [-0.25, -0.2) is 0 Å². The molecule has 0 amide bonds. The zero-order chi connectivity index (χ0) is 22.5. The summed E-state index contributed by atoms with van der Waals surface area (Å²) < 4.78 is 2.24. The first kappa shape index (κ1) is 22.3. The Balaban J connectivity index is 1.44. The molecule has 2 unspecified atom stereocenters. The van der Waals surface area contributed by atoms with Crippen LogP contribution in [0.15, 0.2) is 53.7 Å². The second-order valence-corrected chi connectivity index (χ2v) is 9.09. The van der Waals surface area contributed by atoms with Gasteiger partial charge in [0.1, 0.15) is 6.04 Å². The first-order chi connectivity index (χ1) is 15.6. The second-order valence-electron chi connectivity index (χ2n) is 9.09. The summed E-state index contributed by atoms with van der Waals surface area (Å²) >= 11 is 0. The number of carbonyl (C=O) groups is 1. The topological polar surface area (TPSA) is 71.7 Å². The Morgan fingerprint density at radius 3 is 2.62 bits per heavy atom. The van der Waals surface area contributed by atoms with E-state index in [2.05, 4.69) is 35.0 Å². The molecule has 32 heavy (non-hydrogen) atoms. The molecule has 1 aliphatic rings. The van der Waals surface area contributed by atoms with Crippen molar-refractivity contribution in [1.82, 2.24) is 4.57 Å². The molecule has 168 valence electrons.